The summed E-state index contributed by atoms with van der Waals surface area (Å²) in [5, 5.41) is 0. The van der Waals surface area contributed by atoms with Gasteiger partial charge >= 0.3 is 7.82 Å². The van der Waals surface area contributed by atoms with Crippen LogP contribution in [0.15, 0.2) is 40.4 Å². The molecule has 2 N–H and O–H groups in total. The van der Waals surface area contributed by atoms with E-state index in [0.29, 0.717) is 12.8 Å². The molecule has 0 saturated carbocycles. The number of phosphoric ester groups is 1. The minimum absolute atomic E-state index is 0.0547. The minimum Gasteiger partial charge on any atom is -0.303 e. The van der Waals surface area contributed by atoms with Gasteiger partial charge in [0.05, 0.1) is 12.6 Å². The summed E-state index contributed by atoms with van der Waals surface area (Å²) in [6.45, 7) is 0.0547. The molecule has 0 fully saturated rings. The fourth-order valence-corrected chi connectivity index (χ4v) is 2.22. The summed E-state index contributed by atoms with van der Waals surface area (Å²) in [4.78, 5) is 21.4. The van der Waals surface area contributed by atoms with E-state index < -0.39 is 7.82 Å². The first kappa shape index (κ1) is 12.5. The molecule has 0 spiro atoms. The molecule has 6 heteroatoms. The van der Waals surface area contributed by atoms with Gasteiger partial charge in [0.15, 0.2) is 0 Å². The van der Waals surface area contributed by atoms with Crippen LogP contribution in [0.5, 0.6) is 0 Å². The third kappa shape index (κ3) is 3.48. The topological polar surface area (TPSA) is 79.1 Å². The van der Waals surface area contributed by atoms with Gasteiger partial charge in [-0.05, 0) is 24.0 Å². The van der Waals surface area contributed by atoms with Crippen LogP contribution in [0.4, 0.5) is 0 Å². The standard InChI is InChI=1S/C11H14NO4P/c13-17(14,15)16-7-3-4-9-8-12-11-6-2-1-5-10(9)11/h1-2,5-6,8,11H,3-4,7H2,(H2,13,14,15). The van der Waals surface area contributed by atoms with Gasteiger partial charge in [-0.25, -0.2) is 4.57 Å². The van der Waals surface area contributed by atoms with Gasteiger partial charge in [-0.3, -0.25) is 9.52 Å². The highest BCUT2D eigenvalue weighted by molar-refractivity contribution is 7.46. The van der Waals surface area contributed by atoms with Crippen LogP contribution >= 0.6 is 7.82 Å². The van der Waals surface area contributed by atoms with Gasteiger partial charge in [-0.15, -0.1) is 0 Å². The Morgan fingerprint density at radius 2 is 2.24 bits per heavy atom. The quantitative estimate of drug-likeness (QED) is 0.579. The molecule has 0 amide bonds. The molecule has 0 aromatic heterocycles. The number of rotatable bonds is 5. The van der Waals surface area contributed by atoms with Crippen molar-refractivity contribution in [3.8, 4) is 0 Å². The van der Waals surface area contributed by atoms with Gasteiger partial charge in [0, 0.05) is 6.21 Å². The number of phosphoric acid groups is 1. The van der Waals surface area contributed by atoms with Crippen LogP contribution in [0.3, 0.4) is 0 Å². The first-order valence-corrected chi connectivity index (χ1v) is 6.90. The fourth-order valence-electron chi connectivity index (χ4n) is 1.86. The summed E-state index contributed by atoms with van der Waals surface area (Å²) in [5.74, 6) is 0. The second kappa shape index (κ2) is 5.10. The molecule has 0 aromatic rings. The number of allylic oxidation sites excluding steroid dienone is 3. The van der Waals surface area contributed by atoms with E-state index in [9.17, 15) is 4.57 Å². The second-order valence-electron chi connectivity index (χ2n) is 3.87. The number of hydrogen-bond acceptors (Lipinski definition) is 3. The monoisotopic (exact) mass is 255 g/mol. The van der Waals surface area contributed by atoms with Crippen molar-refractivity contribution in [1.82, 2.24) is 0 Å². The molecule has 0 saturated heterocycles. The van der Waals surface area contributed by atoms with Crippen LogP contribution in [0, 0.1) is 0 Å². The van der Waals surface area contributed by atoms with Crippen LogP contribution < -0.4 is 0 Å². The first-order valence-electron chi connectivity index (χ1n) is 5.37. The SMILES string of the molecule is O=P(O)(O)OCCCC1=C2C=CC=CC2N=C1. The third-order valence-electron chi connectivity index (χ3n) is 2.61. The van der Waals surface area contributed by atoms with Crippen LogP contribution in [0.1, 0.15) is 12.8 Å². The van der Waals surface area contributed by atoms with E-state index in [-0.39, 0.29) is 12.6 Å². The minimum atomic E-state index is -4.33. The predicted molar refractivity (Wildman–Crippen MR) is 64.8 cm³/mol. The Hall–Kier alpha value is -1.00. The van der Waals surface area contributed by atoms with Crippen molar-refractivity contribution in [1.29, 1.82) is 0 Å². The Morgan fingerprint density at radius 3 is 3.00 bits per heavy atom. The molecular formula is C11H14NO4P. The van der Waals surface area contributed by atoms with E-state index in [1.807, 2.05) is 30.5 Å². The number of hydrogen-bond donors (Lipinski definition) is 2. The Labute approximate surface area is 99.5 Å². The number of aliphatic imine (C=N–C) groups is 1. The molecule has 2 aliphatic rings. The summed E-state index contributed by atoms with van der Waals surface area (Å²) in [5.41, 5.74) is 2.29. The maximum atomic E-state index is 10.5. The lowest BCUT2D eigenvalue weighted by Crippen LogP contribution is -2.02. The van der Waals surface area contributed by atoms with Crippen molar-refractivity contribution in [2.45, 2.75) is 18.9 Å². The van der Waals surface area contributed by atoms with Gasteiger partial charge in [-0.1, -0.05) is 24.3 Å². The highest BCUT2D eigenvalue weighted by Crippen LogP contribution is 2.36. The van der Waals surface area contributed by atoms with Crippen molar-refractivity contribution in [2.24, 2.45) is 4.99 Å². The van der Waals surface area contributed by atoms with E-state index in [2.05, 4.69) is 9.52 Å². The molecule has 2 rings (SSSR count). The van der Waals surface area contributed by atoms with Crippen molar-refractivity contribution < 1.29 is 18.9 Å². The number of nitrogens with zero attached hydrogens (tertiary/aromatic N) is 1. The summed E-state index contributed by atoms with van der Waals surface area (Å²) < 4.78 is 14.9. The summed E-state index contributed by atoms with van der Waals surface area (Å²) in [7, 11) is -4.33. The molecule has 5 nitrogen and oxygen atoms in total. The maximum absolute atomic E-state index is 10.5. The van der Waals surface area contributed by atoms with Gasteiger partial charge in [0.2, 0.25) is 0 Å². The lowest BCUT2D eigenvalue weighted by atomic mass is 9.98. The van der Waals surface area contributed by atoms with Crippen LogP contribution in [-0.2, 0) is 9.09 Å². The van der Waals surface area contributed by atoms with Gasteiger partial charge in [-0.2, -0.15) is 0 Å². The lowest BCUT2D eigenvalue weighted by Gasteiger charge is -2.09. The lowest BCUT2D eigenvalue weighted by molar-refractivity contribution is 0.195. The van der Waals surface area contributed by atoms with E-state index in [0.717, 1.165) is 5.57 Å². The molecular weight excluding hydrogens is 241 g/mol. The molecule has 17 heavy (non-hydrogen) atoms. The Bertz CT molecular complexity index is 458. The highest BCUT2D eigenvalue weighted by atomic mass is 31.2. The Morgan fingerprint density at radius 1 is 1.41 bits per heavy atom. The number of fused-ring (bicyclic) bond motifs is 1. The zero-order chi connectivity index (χ0) is 12.3. The maximum Gasteiger partial charge on any atom is 0.469 e. The smallest absolute Gasteiger partial charge is 0.303 e. The van der Waals surface area contributed by atoms with E-state index in [4.69, 9.17) is 9.79 Å². The highest BCUT2D eigenvalue weighted by Gasteiger charge is 2.19. The molecule has 1 aliphatic carbocycles. The first-order chi connectivity index (χ1) is 8.06. The van der Waals surface area contributed by atoms with Crippen molar-refractivity contribution >= 4 is 14.0 Å². The molecule has 0 aromatic carbocycles. The molecule has 1 aliphatic heterocycles. The Kier molecular flexibility index (Phi) is 3.74. The molecule has 0 bridgehead atoms. The van der Waals surface area contributed by atoms with Gasteiger partial charge < -0.3 is 9.79 Å². The third-order valence-corrected chi connectivity index (χ3v) is 3.13. The average Bonchev–Trinajstić information content (AvgIpc) is 2.67. The Balaban J connectivity index is 1.84. The van der Waals surface area contributed by atoms with Crippen LogP contribution in [0.2, 0.25) is 0 Å². The van der Waals surface area contributed by atoms with E-state index in [1.165, 1.54) is 5.57 Å². The molecule has 1 unspecified atom stereocenters. The van der Waals surface area contributed by atoms with Gasteiger partial charge in [0.1, 0.15) is 0 Å². The largest absolute Gasteiger partial charge is 0.469 e. The van der Waals surface area contributed by atoms with Crippen molar-refractivity contribution in [3.05, 3.63) is 35.5 Å². The van der Waals surface area contributed by atoms with Crippen molar-refractivity contribution in [3.63, 3.8) is 0 Å². The van der Waals surface area contributed by atoms with E-state index in [1.54, 1.807) is 0 Å². The summed E-state index contributed by atoms with van der Waals surface area (Å²) >= 11 is 0. The second-order valence-corrected chi connectivity index (χ2v) is 5.11. The predicted octanol–water partition coefficient (Wildman–Crippen LogP) is 1.75. The van der Waals surface area contributed by atoms with Crippen molar-refractivity contribution in [2.75, 3.05) is 6.61 Å². The molecule has 1 atom stereocenters. The normalized spacial score (nSPS) is 22.4. The molecule has 1 heterocycles. The van der Waals surface area contributed by atoms with Crippen LogP contribution in [0.25, 0.3) is 0 Å². The van der Waals surface area contributed by atoms with E-state index >= 15 is 0 Å². The van der Waals surface area contributed by atoms with Crippen LogP contribution in [-0.4, -0.2) is 28.7 Å². The zero-order valence-electron chi connectivity index (χ0n) is 9.19. The molecule has 0 radical (unpaired) electrons. The summed E-state index contributed by atoms with van der Waals surface area (Å²) in [6, 6.07) is 0.123. The summed E-state index contributed by atoms with van der Waals surface area (Å²) in [6.07, 6.45) is 11.1. The molecule has 92 valence electrons. The van der Waals surface area contributed by atoms with Gasteiger partial charge in [0.25, 0.3) is 0 Å². The zero-order valence-corrected chi connectivity index (χ0v) is 10.1. The fraction of sp³-hybridized carbons (Fsp3) is 0.364. The average molecular weight is 255 g/mol.